The van der Waals surface area contributed by atoms with Crippen LogP contribution in [0, 0.1) is 0 Å². The van der Waals surface area contributed by atoms with Gasteiger partial charge in [0.25, 0.3) is 5.91 Å². The lowest BCUT2D eigenvalue weighted by molar-refractivity contribution is 0.102. The number of nitrogens with one attached hydrogen (secondary N) is 1. The van der Waals surface area contributed by atoms with E-state index in [4.69, 9.17) is 4.74 Å². The van der Waals surface area contributed by atoms with Gasteiger partial charge in [0.15, 0.2) is 0 Å². The Balaban J connectivity index is 2.09. The first kappa shape index (κ1) is 14.7. The van der Waals surface area contributed by atoms with Crippen LogP contribution in [0.25, 0.3) is 0 Å². The first-order valence-electron chi connectivity index (χ1n) is 6.67. The Morgan fingerprint density at radius 2 is 1.71 bits per heavy atom. The van der Waals surface area contributed by atoms with Gasteiger partial charge in [-0.1, -0.05) is 13.0 Å². The molecule has 0 heterocycles. The third-order valence-electron chi connectivity index (χ3n) is 2.83. The minimum Gasteiger partial charge on any atom is -0.507 e. The van der Waals surface area contributed by atoms with Gasteiger partial charge >= 0.3 is 0 Å². The molecule has 0 aromatic heterocycles. The summed E-state index contributed by atoms with van der Waals surface area (Å²) in [6.07, 6.45) is 0.922. The summed E-state index contributed by atoms with van der Waals surface area (Å²) >= 11 is 0. The Morgan fingerprint density at radius 1 is 1.10 bits per heavy atom. The molecule has 2 aromatic carbocycles. The Kier molecular flexibility index (Phi) is 4.66. The third-order valence-corrected chi connectivity index (χ3v) is 2.83. The van der Waals surface area contributed by atoms with Gasteiger partial charge in [-0.2, -0.15) is 0 Å². The molecule has 110 valence electrons. The molecule has 0 aliphatic rings. The summed E-state index contributed by atoms with van der Waals surface area (Å²) in [5, 5.41) is 21.9. The summed E-state index contributed by atoms with van der Waals surface area (Å²) in [7, 11) is 0. The van der Waals surface area contributed by atoms with Crippen LogP contribution < -0.4 is 10.1 Å². The largest absolute Gasteiger partial charge is 0.507 e. The molecule has 0 saturated carbocycles. The number of hydrogen-bond donors (Lipinski definition) is 3. The molecule has 0 radical (unpaired) electrons. The van der Waals surface area contributed by atoms with E-state index in [2.05, 4.69) is 5.32 Å². The maximum Gasteiger partial charge on any atom is 0.263 e. The van der Waals surface area contributed by atoms with Gasteiger partial charge in [0.1, 0.15) is 22.8 Å². The first-order valence-corrected chi connectivity index (χ1v) is 6.67. The van der Waals surface area contributed by atoms with Crippen LogP contribution in [0.3, 0.4) is 0 Å². The van der Waals surface area contributed by atoms with Crippen LogP contribution in [0.15, 0.2) is 42.5 Å². The summed E-state index contributed by atoms with van der Waals surface area (Å²) in [5.41, 5.74) is 0.398. The number of ether oxygens (including phenoxy) is 1. The van der Waals surface area contributed by atoms with Crippen molar-refractivity contribution < 1.29 is 19.7 Å². The molecule has 0 fully saturated rings. The van der Waals surface area contributed by atoms with Crippen LogP contribution in [0.1, 0.15) is 23.7 Å². The molecule has 0 spiro atoms. The summed E-state index contributed by atoms with van der Waals surface area (Å²) in [4.78, 5) is 12.1. The molecular weight excluding hydrogens is 270 g/mol. The molecule has 5 nitrogen and oxygen atoms in total. The lowest BCUT2D eigenvalue weighted by atomic mass is 10.1. The van der Waals surface area contributed by atoms with Gasteiger partial charge in [-0.05, 0) is 42.8 Å². The van der Waals surface area contributed by atoms with Crippen molar-refractivity contribution in [2.75, 3.05) is 11.9 Å². The predicted molar refractivity (Wildman–Crippen MR) is 80.0 cm³/mol. The van der Waals surface area contributed by atoms with Crippen LogP contribution in [0.2, 0.25) is 0 Å². The van der Waals surface area contributed by atoms with E-state index in [1.54, 1.807) is 24.3 Å². The van der Waals surface area contributed by atoms with Crippen molar-refractivity contribution in [1.29, 1.82) is 0 Å². The van der Waals surface area contributed by atoms with Gasteiger partial charge in [0, 0.05) is 5.69 Å². The number of amides is 1. The molecular formula is C16H17NO4. The summed E-state index contributed by atoms with van der Waals surface area (Å²) in [6.45, 7) is 2.66. The van der Waals surface area contributed by atoms with Crippen molar-refractivity contribution in [3.8, 4) is 17.2 Å². The number of phenols is 2. The highest BCUT2D eigenvalue weighted by Gasteiger charge is 2.15. The zero-order valence-corrected chi connectivity index (χ0v) is 11.7. The number of carbonyl (C=O) groups excluding carboxylic acids is 1. The zero-order chi connectivity index (χ0) is 15.2. The molecule has 21 heavy (non-hydrogen) atoms. The highest BCUT2D eigenvalue weighted by molar-refractivity contribution is 6.08. The van der Waals surface area contributed by atoms with Crippen molar-refractivity contribution in [3.63, 3.8) is 0 Å². The Bertz CT molecular complexity index is 602. The molecule has 2 rings (SSSR count). The van der Waals surface area contributed by atoms with Crippen LogP contribution in [-0.2, 0) is 0 Å². The fraction of sp³-hybridized carbons (Fsp3) is 0.188. The molecule has 5 heteroatoms. The quantitative estimate of drug-likeness (QED) is 0.789. The number of phenolic OH excluding ortho intramolecular Hbond substituents is 2. The molecule has 0 unspecified atom stereocenters. The monoisotopic (exact) mass is 287 g/mol. The second kappa shape index (κ2) is 6.65. The van der Waals surface area contributed by atoms with Gasteiger partial charge in [0.2, 0.25) is 0 Å². The Morgan fingerprint density at radius 3 is 2.29 bits per heavy atom. The zero-order valence-electron chi connectivity index (χ0n) is 11.7. The third kappa shape index (κ3) is 3.66. The van der Waals surface area contributed by atoms with E-state index < -0.39 is 5.91 Å². The molecule has 0 bridgehead atoms. The molecule has 0 atom stereocenters. The van der Waals surface area contributed by atoms with Crippen LogP contribution in [-0.4, -0.2) is 22.7 Å². The van der Waals surface area contributed by atoms with Crippen LogP contribution >= 0.6 is 0 Å². The number of hydrogen-bond acceptors (Lipinski definition) is 4. The predicted octanol–water partition coefficient (Wildman–Crippen LogP) is 3.14. The Labute approximate surface area is 122 Å². The van der Waals surface area contributed by atoms with Crippen LogP contribution in [0.5, 0.6) is 17.2 Å². The van der Waals surface area contributed by atoms with E-state index in [1.807, 2.05) is 6.92 Å². The topological polar surface area (TPSA) is 78.8 Å². The average Bonchev–Trinajstić information content (AvgIpc) is 2.46. The van der Waals surface area contributed by atoms with Crippen molar-refractivity contribution in [2.24, 2.45) is 0 Å². The molecule has 2 aromatic rings. The van der Waals surface area contributed by atoms with E-state index in [9.17, 15) is 15.0 Å². The SMILES string of the molecule is CCCOc1ccc(NC(=O)c2c(O)cccc2O)cc1. The maximum absolute atomic E-state index is 12.1. The number of anilines is 1. The van der Waals surface area contributed by atoms with E-state index in [0.717, 1.165) is 12.2 Å². The van der Waals surface area contributed by atoms with E-state index >= 15 is 0 Å². The molecule has 3 N–H and O–H groups in total. The van der Waals surface area contributed by atoms with Crippen molar-refractivity contribution in [3.05, 3.63) is 48.0 Å². The van der Waals surface area contributed by atoms with Gasteiger partial charge in [0.05, 0.1) is 6.61 Å². The standard InChI is InChI=1S/C16H17NO4/c1-2-10-21-12-8-6-11(7-9-12)17-16(20)15-13(18)4-3-5-14(15)19/h3-9,18-19H,2,10H2,1H3,(H,17,20). The smallest absolute Gasteiger partial charge is 0.263 e. The maximum atomic E-state index is 12.1. The van der Waals surface area contributed by atoms with Crippen molar-refractivity contribution in [1.82, 2.24) is 0 Å². The van der Waals surface area contributed by atoms with Crippen LogP contribution in [0.4, 0.5) is 5.69 Å². The fourth-order valence-corrected chi connectivity index (χ4v) is 1.81. The highest BCUT2D eigenvalue weighted by Crippen LogP contribution is 2.27. The van der Waals surface area contributed by atoms with Crippen molar-refractivity contribution >= 4 is 11.6 Å². The number of rotatable bonds is 5. The summed E-state index contributed by atoms with van der Waals surface area (Å²) in [5.74, 6) is -0.390. The second-order valence-corrected chi connectivity index (χ2v) is 4.50. The lowest BCUT2D eigenvalue weighted by Crippen LogP contribution is -2.12. The first-order chi connectivity index (χ1) is 10.1. The normalized spacial score (nSPS) is 10.1. The number of aromatic hydroxyl groups is 2. The van der Waals surface area contributed by atoms with Gasteiger partial charge < -0.3 is 20.3 Å². The number of carbonyl (C=O) groups is 1. The minimum absolute atomic E-state index is 0.149. The Hall–Kier alpha value is -2.69. The molecule has 0 saturated heterocycles. The fourth-order valence-electron chi connectivity index (χ4n) is 1.81. The van der Waals surface area contributed by atoms with E-state index in [-0.39, 0.29) is 17.1 Å². The van der Waals surface area contributed by atoms with Gasteiger partial charge in [-0.25, -0.2) is 0 Å². The van der Waals surface area contributed by atoms with Gasteiger partial charge in [-0.3, -0.25) is 4.79 Å². The van der Waals surface area contributed by atoms with Gasteiger partial charge in [-0.15, -0.1) is 0 Å². The lowest BCUT2D eigenvalue weighted by Gasteiger charge is -2.09. The van der Waals surface area contributed by atoms with E-state index in [0.29, 0.717) is 12.3 Å². The summed E-state index contributed by atoms with van der Waals surface area (Å²) in [6, 6.07) is 11.0. The molecule has 1 amide bonds. The average molecular weight is 287 g/mol. The van der Waals surface area contributed by atoms with E-state index in [1.165, 1.54) is 18.2 Å². The van der Waals surface area contributed by atoms with Crippen molar-refractivity contribution in [2.45, 2.75) is 13.3 Å². The molecule has 0 aliphatic carbocycles. The summed E-state index contributed by atoms with van der Waals surface area (Å²) < 4.78 is 5.45. The molecule has 0 aliphatic heterocycles. The minimum atomic E-state index is -0.576. The second-order valence-electron chi connectivity index (χ2n) is 4.50. The highest BCUT2D eigenvalue weighted by atomic mass is 16.5. The number of benzene rings is 2.